The molecule has 0 bridgehead atoms. The van der Waals surface area contributed by atoms with Gasteiger partial charge in [0.2, 0.25) is 0 Å². The normalized spacial score (nSPS) is 13.3. The second-order valence-electron chi connectivity index (χ2n) is 9.37. The first-order valence-electron chi connectivity index (χ1n) is 12.6. The quantitative estimate of drug-likeness (QED) is 0.371. The lowest BCUT2D eigenvalue weighted by molar-refractivity contribution is -0.0122. The van der Waals surface area contributed by atoms with Gasteiger partial charge in [0.05, 0.1) is 25.4 Å². The molecule has 2 unspecified atom stereocenters. The SMILES string of the molecule is CC.CC(C)OCC(O)COc1ccc(C(C)(C)c2ccc(OCC(O)COC(C)C)cc2)cc1. The number of hydrogen-bond acceptors (Lipinski definition) is 6. The number of ether oxygens (including phenoxy) is 4. The summed E-state index contributed by atoms with van der Waals surface area (Å²) < 4.78 is 22.2. The Bertz CT molecular complexity index is 731. The second kappa shape index (κ2) is 15.8. The van der Waals surface area contributed by atoms with E-state index in [4.69, 9.17) is 18.9 Å². The highest BCUT2D eigenvalue weighted by Crippen LogP contribution is 2.33. The molecular weight excluding hydrogens is 444 g/mol. The molecule has 6 heteroatoms. The van der Waals surface area contributed by atoms with Crippen molar-refractivity contribution in [2.24, 2.45) is 0 Å². The standard InChI is InChI=1S/C27H40O6.C2H6/c1-19(2)30-15-23(28)17-32-25-11-7-21(8-12-25)27(5,6)22-9-13-26(14-10-22)33-18-24(29)16-31-20(3)4;1-2/h7-14,19-20,23-24,28-29H,15-18H2,1-6H3;1-2H3. The Labute approximate surface area is 212 Å². The molecule has 0 aliphatic heterocycles. The van der Waals surface area contributed by atoms with Gasteiger partial charge < -0.3 is 29.2 Å². The molecule has 2 atom stereocenters. The predicted molar refractivity (Wildman–Crippen MR) is 142 cm³/mol. The van der Waals surface area contributed by atoms with Crippen molar-refractivity contribution in [1.29, 1.82) is 0 Å². The molecule has 0 amide bonds. The van der Waals surface area contributed by atoms with Crippen LogP contribution in [-0.4, -0.2) is 61.1 Å². The van der Waals surface area contributed by atoms with E-state index < -0.39 is 12.2 Å². The lowest BCUT2D eigenvalue weighted by Gasteiger charge is -2.26. The second-order valence-corrected chi connectivity index (χ2v) is 9.37. The highest BCUT2D eigenvalue weighted by atomic mass is 16.5. The average molecular weight is 491 g/mol. The van der Waals surface area contributed by atoms with Gasteiger partial charge in [0.1, 0.15) is 36.9 Å². The zero-order valence-electron chi connectivity index (χ0n) is 22.8. The zero-order chi connectivity index (χ0) is 26.4. The number of benzene rings is 2. The third kappa shape index (κ3) is 11.4. The minimum atomic E-state index is -0.659. The van der Waals surface area contributed by atoms with Crippen LogP contribution in [0.25, 0.3) is 0 Å². The maximum atomic E-state index is 9.95. The molecule has 0 saturated carbocycles. The van der Waals surface area contributed by atoms with E-state index in [0.29, 0.717) is 11.5 Å². The van der Waals surface area contributed by atoms with Crippen LogP contribution in [0.2, 0.25) is 0 Å². The summed E-state index contributed by atoms with van der Waals surface area (Å²) in [5.41, 5.74) is 2.08. The van der Waals surface area contributed by atoms with E-state index in [1.807, 2.05) is 90.1 Å². The summed E-state index contributed by atoms with van der Waals surface area (Å²) in [6.45, 7) is 17.0. The van der Waals surface area contributed by atoms with Crippen LogP contribution in [0.4, 0.5) is 0 Å². The van der Waals surface area contributed by atoms with E-state index in [1.54, 1.807) is 0 Å². The van der Waals surface area contributed by atoms with Crippen LogP contribution in [0.15, 0.2) is 48.5 Å². The van der Waals surface area contributed by atoms with Crippen molar-refractivity contribution in [2.45, 2.75) is 85.2 Å². The molecule has 198 valence electrons. The van der Waals surface area contributed by atoms with Crippen LogP contribution in [0.1, 0.15) is 66.5 Å². The fourth-order valence-electron chi connectivity index (χ4n) is 3.19. The molecule has 2 aromatic rings. The lowest BCUT2D eigenvalue weighted by Crippen LogP contribution is -2.25. The summed E-state index contributed by atoms with van der Waals surface area (Å²) in [4.78, 5) is 0. The van der Waals surface area contributed by atoms with E-state index >= 15 is 0 Å². The summed E-state index contributed by atoms with van der Waals surface area (Å²) >= 11 is 0. The van der Waals surface area contributed by atoms with Crippen molar-refractivity contribution in [3.05, 3.63) is 59.7 Å². The number of rotatable bonds is 14. The maximum absolute atomic E-state index is 9.95. The molecule has 0 aliphatic rings. The molecule has 35 heavy (non-hydrogen) atoms. The topological polar surface area (TPSA) is 77.4 Å². The minimum Gasteiger partial charge on any atom is -0.491 e. The molecular formula is C29H46O6. The number of aliphatic hydroxyl groups is 2. The Morgan fingerprint density at radius 1 is 0.600 bits per heavy atom. The highest BCUT2D eigenvalue weighted by molar-refractivity contribution is 5.41. The molecule has 0 heterocycles. The summed E-state index contributed by atoms with van der Waals surface area (Å²) in [6, 6.07) is 15.9. The van der Waals surface area contributed by atoms with E-state index in [1.165, 1.54) is 0 Å². The first-order valence-corrected chi connectivity index (χ1v) is 12.6. The fraction of sp³-hybridized carbons (Fsp3) is 0.586. The van der Waals surface area contributed by atoms with Gasteiger partial charge in [0, 0.05) is 5.41 Å². The third-order valence-corrected chi connectivity index (χ3v) is 5.28. The Hall–Kier alpha value is -2.12. The first-order chi connectivity index (χ1) is 16.6. The van der Waals surface area contributed by atoms with Crippen molar-refractivity contribution in [1.82, 2.24) is 0 Å². The first kappa shape index (κ1) is 30.9. The largest absolute Gasteiger partial charge is 0.491 e. The van der Waals surface area contributed by atoms with Crippen LogP contribution in [-0.2, 0) is 14.9 Å². The summed E-state index contributed by atoms with van der Waals surface area (Å²) in [6.07, 6.45) is -1.16. The molecule has 0 aliphatic carbocycles. The molecule has 0 spiro atoms. The van der Waals surface area contributed by atoms with Crippen LogP contribution in [0.5, 0.6) is 11.5 Å². The monoisotopic (exact) mass is 490 g/mol. The van der Waals surface area contributed by atoms with Gasteiger partial charge in [-0.2, -0.15) is 0 Å². The fourth-order valence-corrected chi connectivity index (χ4v) is 3.19. The summed E-state index contributed by atoms with van der Waals surface area (Å²) in [7, 11) is 0. The summed E-state index contributed by atoms with van der Waals surface area (Å²) in [5.74, 6) is 1.42. The predicted octanol–water partition coefficient (Wildman–Crippen LogP) is 5.37. The average Bonchev–Trinajstić information content (AvgIpc) is 2.85. The zero-order valence-corrected chi connectivity index (χ0v) is 22.8. The minimum absolute atomic E-state index is 0.0812. The van der Waals surface area contributed by atoms with Gasteiger partial charge in [-0.05, 0) is 63.1 Å². The van der Waals surface area contributed by atoms with Gasteiger partial charge in [-0.1, -0.05) is 52.0 Å². The maximum Gasteiger partial charge on any atom is 0.119 e. The van der Waals surface area contributed by atoms with E-state index in [9.17, 15) is 10.2 Å². The van der Waals surface area contributed by atoms with Crippen LogP contribution >= 0.6 is 0 Å². The van der Waals surface area contributed by atoms with E-state index in [2.05, 4.69) is 13.8 Å². The van der Waals surface area contributed by atoms with Gasteiger partial charge in [-0.25, -0.2) is 0 Å². The molecule has 2 rings (SSSR count). The van der Waals surface area contributed by atoms with Gasteiger partial charge in [-0.15, -0.1) is 0 Å². The Morgan fingerprint density at radius 2 is 0.914 bits per heavy atom. The van der Waals surface area contributed by atoms with Gasteiger partial charge >= 0.3 is 0 Å². The number of aliphatic hydroxyl groups excluding tert-OH is 2. The molecule has 0 aromatic heterocycles. The smallest absolute Gasteiger partial charge is 0.119 e. The highest BCUT2D eigenvalue weighted by Gasteiger charge is 2.23. The van der Waals surface area contributed by atoms with Gasteiger partial charge in [0.25, 0.3) is 0 Å². The molecule has 2 N–H and O–H groups in total. The van der Waals surface area contributed by atoms with Crippen molar-refractivity contribution in [3.63, 3.8) is 0 Å². The lowest BCUT2D eigenvalue weighted by atomic mass is 9.78. The molecule has 0 saturated heterocycles. The Balaban J connectivity index is 0.00000298. The van der Waals surface area contributed by atoms with Gasteiger partial charge in [0.15, 0.2) is 0 Å². The van der Waals surface area contributed by atoms with Crippen LogP contribution in [0, 0.1) is 0 Å². The Morgan fingerprint density at radius 3 is 1.20 bits per heavy atom. The van der Waals surface area contributed by atoms with Crippen molar-refractivity contribution >= 4 is 0 Å². The van der Waals surface area contributed by atoms with Crippen molar-refractivity contribution in [3.8, 4) is 11.5 Å². The Kier molecular flexibility index (Phi) is 13.9. The summed E-state index contributed by atoms with van der Waals surface area (Å²) in [5, 5.41) is 19.9. The third-order valence-electron chi connectivity index (χ3n) is 5.28. The van der Waals surface area contributed by atoms with Crippen molar-refractivity contribution < 1.29 is 29.2 Å². The molecule has 0 radical (unpaired) electrons. The van der Waals surface area contributed by atoms with E-state index in [-0.39, 0.29) is 44.1 Å². The molecule has 0 fully saturated rings. The van der Waals surface area contributed by atoms with E-state index in [0.717, 1.165) is 11.1 Å². The number of hydrogen-bond donors (Lipinski definition) is 2. The van der Waals surface area contributed by atoms with Crippen LogP contribution < -0.4 is 9.47 Å². The van der Waals surface area contributed by atoms with Crippen molar-refractivity contribution in [2.75, 3.05) is 26.4 Å². The van der Waals surface area contributed by atoms with Gasteiger partial charge in [-0.3, -0.25) is 0 Å². The van der Waals surface area contributed by atoms with Crippen LogP contribution in [0.3, 0.4) is 0 Å². The molecule has 6 nitrogen and oxygen atoms in total. The molecule has 2 aromatic carbocycles.